The van der Waals surface area contributed by atoms with Crippen molar-refractivity contribution < 1.29 is 9.47 Å². The van der Waals surface area contributed by atoms with Crippen molar-refractivity contribution in [2.24, 2.45) is 5.11 Å². The van der Waals surface area contributed by atoms with Crippen LogP contribution in [0.1, 0.15) is 18.4 Å². The van der Waals surface area contributed by atoms with Gasteiger partial charge < -0.3 is 9.47 Å². The van der Waals surface area contributed by atoms with Gasteiger partial charge in [-0.3, -0.25) is 0 Å². The van der Waals surface area contributed by atoms with Crippen molar-refractivity contribution in [2.45, 2.75) is 18.9 Å². The van der Waals surface area contributed by atoms with E-state index in [9.17, 15) is 0 Å². The van der Waals surface area contributed by atoms with Crippen molar-refractivity contribution in [3.63, 3.8) is 0 Å². The number of nitrogens with zero attached hydrogens (tertiary/aromatic N) is 3. The molecule has 0 amide bonds. The van der Waals surface area contributed by atoms with E-state index in [1.54, 1.807) is 7.11 Å². The molecular weight excluding hydrogens is 206 g/mol. The van der Waals surface area contributed by atoms with Crippen LogP contribution < -0.4 is 9.47 Å². The van der Waals surface area contributed by atoms with Gasteiger partial charge in [0, 0.05) is 22.9 Å². The van der Waals surface area contributed by atoms with E-state index in [1.165, 1.54) is 0 Å². The van der Waals surface area contributed by atoms with Crippen LogP contribution in [0.15, 0.2) is 23.3 Å². The largest absolute Gasteiger partial charge is 0.493 e. The van der Waals surface area contributed by atoms with Crippen molar-refractivity contribution in [1.82, 2.24) is 0 Å². The van der Waals surface area contributed by atoms with Crippen molar-refractivity contribution in [3.05, 3.63) is 34.2 Å². The van der Waals surface area contributed by atoms with Crippen LogP contribution in [0.5, 0.6) is 11.5 Å². The summed E-state index contributed by atoms with van der Waals surface area (Å²) in [6.45, 7) is 2.38. The van der Waals surface area contributed by atoms with Crippen LogP contribution in [-0.4, -0.2) is 19.8 Å². The SMILES string of the molecule is COc1cccc2c1OC(C)C2CN=[N+]=[N-]. The van der Waals surface area contributed by atoms with Crippen molar-refractivity contribution >= 4 is 0 Å². The topological polar surface area (TPSA) is 67.2 Å². The summed E-state index contributed by atoms with van der Waals surface area (Å²) in [5.41, 5.74) is 9.41. The molecule has 0 aromatic heterocycles. The normalized spacial score (nSPS) is 21.9. The lowest BCUT2D eigenvalue weighted by Crippen LogP contribution is -2.16. The molecular formula is C11H13N3O2. The highest BCUT2D eigenvalue weighted by molar-refractivity contribution is 5.51. The summed E-state index contributed by atoms with van der Waals surface area (Å²) in [5, 5.41) is 3.62. The zero-order valence-corrected chi connectivity index (χ0v) is 9.25. The Kier molecular flexibility index (Phi) is 2.88. The first-order valence-electron chi connectivity index (χ1n) is 5.12. The second-order valence-electron chi connectivity index (χ2n) is 3.72. The molecule has 0 spiro atoms. The fourth-order valence-corrected chi connectivity index (χ4v) is 2.00. The van der Waals surface area contributed by atoms with Crippen LogP contribution in [0.2, 0.25) is 0 Å². The number of fused-ring (bicyclic) bond motifs is 1. The van der Waals surface area contributed by atoms with Crippen LogP contribution in [-0.2, 0) is 0 Å². The van der Waals surface area contributed by atoms with E-state index in [-0.39, 0.29) is 12.0 Å². The predicted octanol–water partition coefficient (Wildman–Crippen LogP) is 2.87. The average Bonchev–Trinajstić information content (AvgIpc) is 2.62. The van der Waals surface area contributed by atoms with Gasteiger partial charge in [-0.25, -0.2) is 0 Å². The first-order valence-corrected chi connectivity index (χ1v) is 5.12. The standard InChI is InChI=1S/C11H13N3O2/c1-7-9(6-13-14-12)8-4-3-5-10(15-2)11(8)16-7/h3-5,7,9H,6H2,1-2H3. The molecule has 0 bridgehead atoms. The Morgan fingerprint density at radius 3 is 3.06 bits per heavy atom. The Balaban J connectivity index is 2.37. The number of ether oxygens (including phenoxy) is 2. The summed E-state index contributed by atoms with van der Waals surface area (Å²) in [6, 6.07) is 5.77. The highest BCUT2D eigenvalue weighted by Crippen LogP contribution is 2.44. The molecule has 2 rings (SSSR count). The van der Waals surface area contributed by atoms with Gasteiger partial charge in [-0.05, 0) is 18.5 Å². The second-order valence-corrected chi connectivity index (χ2v) is 3.72. The van der Waals surface area contributed by atoms with Gasteiger partial charge in [0.05, 0.1) is 7.11 Å². The molecule has 1 aromatic carbocycles. The molecule has 5 nitrogen and oxygen atoms in total. The molecule has 1 aliphatic heterocycles. The van der Waals surface area contributed by atoms with Gasteiger partial charge in [-0.1, -0.05) is 17.2 Å². The molecule has 5 heteroatoms. The Morgan fingerprint density at radius 2 is 2.38 bits per heavy atom. The monoisotopic (exact) mass is 219 g/mol. The first-order chi connectivity index (χ1) is 7.77. The number of rotatable bonds is 3. The van der Waals surface area contributed by atoms with Crippen LogP contribution in [0.4, 0.5) is 0 Å². The molecule has 2 atom stereocenters. The molecule has 1 aromatic rings. The van der Waals surface area contributed by atoms with E-state index in [1.807, 2.05) is 25.1 Å². The van der Waals surface area contributed by atoms with Gasteiger partial charge in [-0.2, -0.15) is 0 Å². The van der Waals surface area contributed by atoms with Crippen LogP contribution in [0.25, 0.3) is 10.4 Å². The molecule has 0 radical (unpaired) electrons. The number of methoxy groups -OCH3 is 1. The highest BCUT2D eigenvalue weighted by Gasteiger charge is 2.32. The molecule has 1 heterocycles. The summed E-state index contributed by atoms with van der Waals surface area (Å²) in [6.07, 6.45) is 0.0109. The summed E-state index contributed by atoms with van der Waals surface area (Å²) in [5.74, 6) is 1.62. The van der Waals surface area contributed by atoms with Gasteiger partial charge >= 0.3 is 0 Å². The van der Waals surface area contributed by atoms with Crippen molar-refractivity contribution in [3.8, 4) is 11.5 Å². The van der Waals surface area contributed by atoms with E-state index < -0.39 is 0 Å². The number of benzene rings is 1. The molecule has 0 aliphatic carbocycles. The minimum absolute atomic E-state index is 0.0109. The molecule has 0 fully saturated rings. The van der Waals surface area contributed by atoms with E-state index in [2.05, 4.69) is 10.0 Å². The first kappa shape index (κ1) is 10.6. The fraction of sp³-hybridized carbons (Fsp3) is 0.455. The van der Waals surface area contributed by atoms with Crippen LogP contribution >= 0.6 is 0 Å². The van der Waals surface area contributed by atoms with Gasteiger partial charge in [0.1, 0.15) is 6.10 Å². The van der Waals surface area contributed by atoms with Gasteiger partial charge in [0.2, 0.25) is 0 Å². The molecule has 84 valence electrons. The van der Waals surface area contributed by atoms with Gasteiger partial charge in [0.15, 0.2) is 11.5 Å². The lowest BCUT2D eigenvalue weighted by Gasteiger charge is -2.10. The van der Waals surface area contributed by atoms with Gasteiger partial charge in [0.25, 0.3) is 0 Å². The summed E-state index contributed by atoms with van der Waals surface area (Å²) < 4.78 is 11.0. The lowest BCUT2D eigenvalue weighted by molar-refractivity contribution is 0.220. The van der Waals surface area contributed by atoms with E-state index >= 15 is 0 Å². The second kappa shape index (κ2) is 4.33. The summed E-state index contributed by atoms with van der Waals surface area (Å²) in [7, 11) is 1.62. The fourth-order valence-electron chi connectivity index (χ4n) is 2.00. The minimum atomic E-state index is 0.0109. The zero-order valence-electron chi connectivity index (χ0n) is 9.25. The highest BCUT2D eigenvalue weighted by atomic mass is 16.5. The maximum Gasteiger partial charge on any atom is 0.165 e. The molecule has 0 saturated carbocycles. The maximum atomic E-state index is 8.35. The summed E-state index contributed by atoms with van der Waals surface area (Å²) >= 11 is 0. The van der Waals surface area contributed by atoms with Gasteiger partial charge in [-0.15, -0.1) is 0 Å². The average molecular weight is 219 g/mol. The number of hydrogen-bond donors (Lipinski definition) is 0. The van der Waals surface area contributed by atoms with Crippen LogP contribution in [0.3, 0.4) is 0 Å². The van der Waals surface area contributed by atoms with Crippen molar-refractivity contribution in [1.29, 1.82) is 0 Å². The van der Waals surface area contributed by atoms with Crippen LogP contribution in [0, 0.1) is 0 Å². The maximum absolute atomic E-state index is 8.35. The Bertz CT molecular complexity index is 441. The smallest absolute Gasteiger partial charge is 0.165 e. The molecule has 1 aliphatic rings. The van der Waals surface area contributed by atoms with E-state index in [4.69, 9.17) is 15.0 Å². The Hall–Kier alpha value is -1.87. The quantitative estimate of drug-likeness (QED) is 0.445. The number of para-hydroxylation sites is 1. The predicted molar refractivity (Wildman–Crippen MR) is 59.8 cm³/mol. The Labute approximate surface area is 93.6 Å². The third-order valence-corrected chi connectivity index (χ3v) is 2.84. The third-order valence-electron chi connectivity index (χ3n) is 2.84. The van der Waals surface area contributed by atoms with E-state index in [0.29, 0.717) is 6.54 Å². The van der Waals surface area contributed by atoms with E-state index in [0.717, 1.165) is 17.1 Å². The summed E-state index contributed by atoms with van der Waals surface area (Å²) in [4.78, 5) is 2.79. The number of azide groups is 1. The lowest BCUT2D eigenvalue weighted by atomic mass is 9.96. The van der Waals surface area contributed by atoms with Crippen molar-refractivity contribution in [2.75, 3.05) is 13.7 Å². The zero-order chi connectivity index (χ0) is 11.5. The minimum Gasteiger partial charge on any atom is -0.493 e. The molecule has 16 heavy (non-hydrogen) atoms. The molecule has 0 N–H and O–H groups in total. The third kappa shape index (κ3) is 1.66. The molecule has 0 saturated heterocycles. The molecule has 2 unspecified atom stereocenters. The number of hydrogen-bond acceptors (Lipinski definition) is 3. The Morgan fingerprint density at radius 1 is 1.56 bits per heavy atom.